The van der Waals surface area contributed by atoms with Gasteiger partial charge < -0.3 is 10.3 Å². The zero-order valence-electron chi connectivity index (χ0n) is 8.10. The third kappa shape index (κ3) is 2.43. The van der Waals surface area contributed by atoms with Crippen molar-refractivity contribution in [1.29, 1.82) is 0 Å². The van der Waals surface area contributed by atoms with E-state index in [0.717, 1.165) is 5.56 Å². The Kier molecular flexibility index (Phi) is 2.78. The molecule has 1 aromatic carbocycles. The Morgan fingerprint density at radius 3 is 2.80 bits per heavy atom. The highest BCUT2D eigenvalue weighted by Crippen LogP contribution is 1.98. The minimum Gasteiger partial charge on any atom is -0.345 e. The molecule has 0 aliphatic heterocycles. The maximum atomic E-state index is 11.5. The summed E-state index contributed by atoms with van der Waals surface area (Å²) in [5, 5.41) is 2.77. The molecule has 2 N–H and O–H groups in total. The number of hydrogen-bond donors (Lipinski definition) is 2. The van der Waals surface area contributed by atoms with E-state index in [2.05, 4.69) is 15.3 Å². The van der Waals surface area contributed by atoms with E-state index in [0.29, 0.717) is 12.4 Å². The quantitative estimate of drug-likeness (QED) is 0.787. The van der Waals surface area contributed by atoms with E-state index in [9.17, 15) is 4.79 Å². The molecule has 0 atom stereocenters. The minimum absolute atomic E-state index is 0.191. The van der Waals surface area contributed by atoms with Gasteiger partial charge in [-0.2, -0.15) is 0 Å². The summed E-state index contributed by atoms with van der Waals surface area (Å²) < 4.78 is 0. The highest BCUT2D eigenvalue weighted by Gasteiger charge is 2.05. The van der Waals surface area contributed by atoms with Crippen LogP contribution in [-0.4, -0.2) is 15.9 Å². The number of amides is 1. The van der Waals surface area contributed by atoms with Crippen molar-refractivity contribution >= 4 is 5.91 Å². The first kappa shape index (κ1) is 9.45. The van der Waals surface area contributed by atoms with E-state index in [1.807, 2.05) is 30.3 Å². The molecule has 0 saturated heterocycles. The van der Waals surface area contributed by atoms with Crippen LogP contribution in [0.2, 0.25) is 0 Å². The number of aromatic nitrogens is 2. The van der Waals surface area contributed by atoms with Gasteiger partial charge in [-0.1, -0.05) is 30.3 Å². The van der Waals surface area contributed by atoms with Crippen molar-refractivity contribution < 1.29 is 4.79 Å². The number of imidazole rings is 1. The summed E-state index contributed by atoms with van der Waals surface area (Å²) in [5.41, 5.74) is 1.07. The Balaban J connectivity index is 1.92. The summed E-state index contributed by atoms with van der Waals surface area (Å²) in [6.07, 6.45) is 3.18. The van der Waals surface area contributed by atoms with Gasteiger partial charge in [0.15, 0.2) is 5.82 Å². The molecule has 2 aromatic rings. The molecule has 0 radical (unpaired) electrons. The van der Waals surface area contributed by atoms with Gasteiger partial charge in [0.25, 0.3) is 5.91 Å². The van der Waals surface area contributed by atoms with Crippen molar-refractivity contribution in [3.05, 3.63) is 54.1 Å². The number of rotatable bonds is 3. The summed E-state index contributed by atoms with van der Waals surface area (Å²) in [5.74, 6) is 0.148. The second-order valence-electron chi connectivity index (χ2n) is 3.11. The van der Waals surface area contributed by atoms with Crippen LogP contribution < -0.4 is 5.32 Å². The second-order valence-corrected chi connectivity index (χ2v) is 3.11. The van der Waals surface area contributed by atoms with Crippen LogP contribution in [0, 0.1) is 0 Å². The normalized spacial score (nSPS) is 9.87. The van der Waals surface area contributed by atoms with Crippen molar-refractivity contribution in [2.24, 2.45) is 0 Å². The van der Waals surface area contributed by atoms with Gasteiger partial charge in [-0.15, -0.1) is 0 Å². The average Bonchev–Trinajstić information content (AvgIpc) is 2.81. The summed E-state index contributed by atoms with van der Waals surface area (Å²) >= 11 is 0. The van der Waals surface area contributed by atoms with Crippen LogP contribution in [0.4, 0.5) is 0 Å². The predicted molar refractivity (Wildman–Crippen MR) is 56.2 cm³/mol. The Hall–Kier alpha value is -2.10. The predicted octanol–water partition coefficient (Wildman–Crippen LogP) is 1.34. The first-order valence-corrected chi connectivity index (χ1v) is 4.68. The van der Waals surface area contributed by atoms with E-state index in [1.54, 1.807) is 12.4 Å². The molecule has 1 amide bonds. The van der Waals surface area contributed by atoms with Gasteiger partial charge in [0.05, 0.1) is 0 Å². The largest absolute Gasteiger partial charge is 0.345 e. The maximum Gasteiger partial charge on any atom is 0.287 e. The molecule has 4 nitrogen and oxygen atoms in total. The highest BCUT2D eigenvalue weighted by atomic mass is 16.2. The lowest BCUT2D eigenvalue weighted by atomic mass is 10.2. The van der Waals surface area contributed by atoms with Gasteiger partial charge >= 0.3 is 0 Å². The van der Waals surface area contributed by atoms with Crippen molar-refractivity contribution in [1.82, 2.24) is 15.3 Å². The Morgan fingerprint density at radius 1 is 1.33 bits per heavy atom. The molecule has 0 aliphatic rings. The third-order valence-electron chi connectivity index (χ3n) is 2.01. The number of H-pyrrole nitrogens is 1. The molecule has 15 heavy (non-hydrogen) atoms. The summed E-state index contributed by atoms with van der Waals surface area (Å²) in [4.78, 5) is 18.1. The van der Waals surface area contributed by atoms with Gasteiger partial charge in [0, 0.05) is 18.9 Å². The lowest BCUT2D eigenvalue weighted by molar-refractivity contribution is 0.0941. The minimum atomic E-state index is -0.191. The number of benzene rings is 1. The van der Waals surface area contributed by atoms with Crippen molar-refractivity contribution in [3.63, 3.8) is 0 Å². The van der Waals surface area contributed by atoms with E-state index in [1.165, 1.54) is 0 Å². The molecule has 0 spiro atoms. The number of carbonyl (C=O) groups excluding carboxylic acids is 1. The van der Waals surface area contributed by atoms with Gasteiger partial charge in [-0.3, -0.25) is 4.79 Å². The fourth-order valence-electron chi connectivity index (χ4n) is 1.25. The Labute approximate surface area is 87.4 Å². The van der Waals surface area contributed by atoms with E-state index >= 15 is 0 Å². The topological polar surface area (TPSA) is 57.8 Å². The molecule has 76 valence electrons. The zero-order chi connectivity index (χ0) is 10.5. The zero-order valence-corrected chi connectivity index (χ0v) is 8.10. The van der Waals surface area contributed by atoms with Crippen LogP contribution in [0.25, 0.3) is 0 Å². The molecule has 0 bridgehead atoms. The number of hydrogen-bond acceptors (Lipinski definition) is 2. The molecule has 2 rings (SSSR count). The number of aromatic amines is 1. The van der Waals surface area contributed by atoms with Crippen LogP contribution in [0.5, 0.6) is 0 Å². The first-order chi connectivity index (χ1) is 7.36. The molecule has 4 heteroatoms. The van der Waals surface area contributed by atoms with Crippen molar-refractivity contribution in [2.75, 3.05) is 0 Å². The van der Waals surface area contributed by atoms with E-state index in [4.69, 9.17) is 0 Å². The van der Waals surface area contributed by atoms with Crippen LogP contribution in [0.3, 0.4) is 0 Å². The lowest BCUT2D eigenvalue weighted by Crippen LogP contribution is -2.23. The molecule has 0 aliphatic carbocycles. The first-order valence-electron chi connectivity index (χ1n) is 4.68. The van der Waals surface area contributed by atoms with E-state index < -0.39 is 0 Å². The molecule has 1 heterocycles. The van der Waals surface area contributed by atoms with Gasteiger partial charge in [0.2, 0.25) is 0 Å². The number of nitrogens with zero attached hydrogens (tertiary/aromatic N) is 1. The monoisotopic (exact) mass is 201 g/mol. The van der Waals surface area contributed by atoms with Crippen LogP contribution in [0.15, 0.2) is 42.7 Å². The van der Waals surface area contributed by atoms with E-state index in [-0.39, 0.29) is 5.91 Å². The van der Waals surface area contributed by atoms with Crippen LogP contribution in [-0.2, 0) is 6.54 Å². The van der Waals surface area contributed by atoms with Crippen molar-refractivity contribution in [2.45, 2.75) is 6.54 Å². The van der Waals surface area contributed by atoms with Gasteiger partial charge in [0.1, 0.15) is 0 Å². The molecular weight excluding hydrogens is 190 g/mol. The van der Waals surface area contributed by atoms with Crippen molar-refractivity contribution in [3.8, 4) is 0 Å². The second kappa shape index (κ2) is 4.41. The van der Waals surface area contributed by atoms with Crippen LogP contribution >= 0.6 is 0 Å². The standard InChI is InChI=1S/C11H11N3O/c15-11(10-12-6-7-13-10)14-8-9-4-2-1-3-5-9/h1-7H,8H2,(H,12,13)(H,14,15). The Bertz CT molecular complexity index is 422. The van der Waals surface area contributed by atoms with Gasteiger partial charge in [-0.25, -0.2) is 4.98 Å². The molecule has 0 unspecified atom stereocenters. The fraction of sp³-hybridized carbons (Fsp3) is 0.0909. The number of carbonyl (C=O) groups is 1. The fourth-order valence-corrected chi connectivity index (χ4v) is 1.25. The molecule has 0 fully saturated rings. The average molecular weight is 201 g/mol. The Morgan fingerprint density at radius 2 is 2.13 bits per heavy atom. The number of nitrogens with one attached hydrogen (secondary N) is 2. The van der Waals surface area contributed by atoms with Crippen LogP contribution in [0.1, 0.15) is 16.2 Å². The molecule has 1 aromatic heterocycles. The summed E-state index contributed by atoms with van der Waals surface area (Å²) in [6.45, 7) is 0.514. The molecule has 0 saturated carbocycles. The SMILES string of the molecule is O=C(NCc1ccccc1)c1ncc[nH]1. The molecular formula is C11H11N3O. The lowest BCUT2D eigenvalue weighted by Gasteiger charge is -2.02. The smallest absolute Gasteiger partial charge is 0.287 e. The highest BCUT2D eigenvalue weighted by molar-refractivity contribution is 5.90. The maximum absolute atomic E-state index is 11.5. The van der Waals surface area contributed by atoms with Gasteiger partial charge in [-0.05, 0) is 5.56 Å². The summed E-state index contributed by atoms with van der Waals surface area (Å²) in [7, 11) is 0. The third-order valence-corrected chi connectivity index (χ3v) is 2.01. The summed E-state index contributed by atoms with van der Waals surface area (Å²) in [6, 6.07) is 9.74.